The summed E-state index contributed by atoms with van der Waals surface area (Å²) in [6.07, 6.45) is -2.28. The number of nitro benzene ring substituents is 1. The lowest BCUT2D eigenvalue weighted by Gasteiger charge is -2.18. The Balaban J connectivity index is 3.03. The molecule has 7 heteroatoms. The fourth-order valence-electron chi connectivity index (χ4n) is 1.39. The zero-order valence-corrected chi connectivity index (χ0v) is 9.75. The zero-order chi connectivity index (χ0) is 13.0. The van der Waals surface area contributed by atoms with Gasteiger partial charge in [-0.1, -0.05) is 0 Å². The molecule has 0 spiro atoms. The van der Waals surface area contributed by atoms with Gasteiger partial charge in [0.2, 0.25) is 0 Å². The molecule has 6 nitrogen and oxygen atoms in total. The highest BCUT2D eigenvalue weighted by Gasteiger charge is 2.23. The van der Waals surface area contributed by atoms with Gasteiger partial charge in [-0.15, -0.1) is 0 Å². The molecule has 94 valence electrons. The molecule has 2 atom stereocenters. The van der Waals surface area contributed by atoms with Gasteiger partial charge in [0.05, 0.1) is 11.0 Å². The Hall–Kier alpha value is -1.31. The molecule has 1 rings (SSSR count). The molecule has 0 bridgehead atoms. The normalized spacial score (nSPS) is 14.3. The van der Waals surface area contributed by atoms with Crippen molar-refractivity contribution < 1.29 is 20.2 Å². The topological polar surface area (TPSA) is 104 Å². The highest BCUT2D eigenvalue weighted by Crippen LogP contribution is 2.30. The number of rotatable bonds is 5. The third-order valence-electron chi connectivity index (χ3n) is 2.33. The summed E-state index contributed by atoms with van der Waals surface area (Å²) in [6.45, 7) is 0. The van der Waals surface area contributed by atoms with E-state index in [1.165, 1.54) is 0 Å². The first-order chi connectivity index (χ1) is 7.97. The number of nitrogens with zero attached hydrogens (tertiary/aromatic N) is 1. The van der Waals surface area contributed by atoms with Gasteiger partial charge in [0.25, 0.3) is 5.69 Å². The second kappa shape index (κ2) is 5.85. The summed E-state index contributed by atoms with van der Waals surface area (Å²) >= 11 is 3.90. The van der Waals surface area contributed by atoms with Crippen molar-refractivity contribution in [1.82, 2.24) is 0 Å². The van der Waals surface area contributed by atoms with Crippen molar-refractivity contribution in [3.63, 3.8) is 0 Å². The molecule has 0 aromatic heterocycles. The van der Waals surface area contributed by atoms with E-state index in [-0.39, 0.29) is 23.4 Å². The smallest absolute Gasteiger partial charge is 0.270 e. The van der Waals surface area contributed by atoms with E-state index >= 15 is 0 Å². The minimum absolute atomic E-state index is 0.0616. The molecular weight excluding hydrogens is 246 g/mol. The standard InChI is InChI=1S/C10H13NO5S/c12-8-2-1-6(11(15)16)5-7(8)10(14)9(13)3-4-17/h1-2,5,9-10,12-14,17H,3-4H2. The van der Waals surface area contributed by atoms with Gasteiger partial charge in [-0.05, 0) is 18.2 Å². The third-order valence-corrected chi connectivity index (χ3v) is 2.59. The van der Waals surface area contributed by atoms with Gasteiger partial charge in [-0.25, -0.2) is 0 Å². The van der Waals surface area contributed by atoms with E-state index in [0.29, 0.717) is 5.75 Å². The molecule has 0 saturated carbocycles. The first kappa shape index (κ1) is 13.8. The molecule has 1 aromatic carbocycles. The second-order valence-electron chi connectivity index (χ2n) is 3.52. The molecule has 17 heavy (non-hydrogen) atoms. The number of aromatic hydroxyl groups is 1. The summed E-state index contributed by atoms with van der Waals surface area (Å²) in [7, 11) is 0. The fourth-order valence-corrected chi connectivity index (χ4v) is 1.65. The van der Waals surface area contributed by atoms with Crippen LogP contribution in [0.2, 0.25) is 0 Å². The average molecular weight is 259 g/mol. The lowest BCUT2D eigenvalue weighted by atomic mass is 10.0. The number of aliphatic hydroxyl groups excluding tert-OH is 2. The van der Waals surface area contributed by atoms with Crippen molar-refractivity contribution in [2.24, 2.45) is 0 Å². The van der Waals surface area contributed by atoms with Crippen molar-refractivity contribution in [1.29, 1.82) is 0 Å². The zero-order valence-electron chi connectivity index (χ0n) is 8.85. The summed E-state index contributed by atoms with van der Waals surface area (Å²) in [5.74, 6) is 0.0646. The number of non-ortho nitro benzene ring substituents is 1. The van der Waals surface area contributed by atoms with Crippen LogP contribution in [0.15, 0.2) is 18.2 Å². The van der Waals surface area contributed by atoms with Crippen LogP contribution in [-0.4, -0.2) is 32.1 Å². The van der Waals surface area contributed by atoms with Crippen LogP contribution in [0.25, 0.3) is 0 Å². The van der Waals surface area contributed by atoms with Crippen LogP contribution in [0.3, 0.4) is 0 Å². The number of nitro groups is 1. The Bertz CT molecular complexity index is 412. The fraction of sp³-hybridized carbons (Fsp3) is 0.400. The number of hydrogen-bond donors (Lipinski definition) is 4. The predicted molar refractivity (Wildman–Crippen MR) is 64.2 cm³/mol. The molecule has 0 aliphatic carbocycles. The Morgan fingerprint density at radius 1 is 1.41 bits per heavy atom. The van der Waals surface area contributed by atoms with Gasteiger partial charge in [0.15, 0.2) is 0 Å². The monoisotopic (exact) mass is 259 g/mol. The molecule has 2 unspecified atom stereocenters. The van der Waals surface area contributed by atoms with Gasteiger partial charge in [0.1, 0.15) is 11.9 Å². The number of phenols is 1. The van der Waals surface area contributed by atoms with Gasteiger partial charge in [0, 0.05) is 17.7 Å². The maximum absolute atomic E-state index is 10.6. The van der Waals surface area contributed by atoms with Crippen molar-refractivity contribution in [3.05, 3.63) is 33.9 Å². The van der Waals surface area contributed by atoms with Crippen molar-refractivity contribution >= 4 is 18.3 Å². The van der Waals surface area contributed by atoms with Crippen LogP contribution in [0.4, 0.5) is 5.69 Å². The van der Waals surface area contributed by atoms with E-state index in [4.69, 9.17) is 0 Å². The van der Waals surface area contributed by atoms with E-state index in [9.17, 15) is 25.4 Å². The summed E-state index contributed by atoms with van der Waals surface area (Å²) in [6, 6.07) is 3.28. The first-order valence-electron chi connectivity index (χ1n) is 4.91. The SMILES string of the molecule is O=[N+]([O-])c1ccc(O)c(C(O)C(O)CCS)c1. The minimum Gasteiger partial charge on any atom is -0.508 e. The lowest BCUT2D eigenvalue weighted by Crippen LogP contribution is -2.18. The van der Waals surface area contributed by atoms with Crippen LogP contribution in [0, 0.1) is 10.1 Å². The van der Waals surface area contributed by atoms with Crippen molar-refractivity contribution in [2.45, 2.75) is 18.6 Å². The summed E-state index contributed by atoms with van der Waals surface area (Å²) < 4.78 is 0. The van der Waals surface area contributed by atoms with E-state index in [1.807, 2.05) is 0 Å². The maximum Gasteiger partial charge on any atom is 0.270 e. The van der Waals surface area contributed by atoms with E-state index in [1.54, 1.807) is 0 Å². The summed E-state index contributed by atoms with van der Waals surface area (Å²) in [4.78, 5) is 9.91. The first-order valence-corrected chi connectivity index (χ1v) is 5.55. The van der Waals surface area contributed by atoms with Crippen molar-refractivity contribution in [3.8, 4) is 5.75 Å². The predicted octanol–water partition coefficient (Wildman–Crippen LogP) is 1.01. The summed E-state index contributed by atoms with van der Waals surface area (Å²) in [5.41, 5.74) is -0.316. The van der Waals surface area contributed by atoms with Crippen LogP contribution < -0.4 is 0 Å². The molecule has 0 heterocycles. The molecule has 0 amide bonds. The van der Waals surface area contributed by atoms with E-state index < -0.39 is 17.1 Å². The highest BCUT2D eigenvalue weighted by atomic mass is 32.1. The molecule has 0 radical (unpaired) electrons. The number of aliphatic hydroxyl groups is 2. The van der Waals surface area contributed by atoms with Gasteiger partial charge >= 0.3 is 0 Å². The Morgan fingerprint density at radius 3 is 2.59 bits per heavy atom. The van der Waals surface area contributed by atoms with E-state index in [2.05, 4.69) is 12.6 Å². The minimum atomic E-state index is -1.37. The number of thiol groups is 1. The summed E-state index contributed by atoms with van der Waals surface area (Å²) in [5, 5.41) is 39.3. The van der Waals surface area contributed by atoms with Gasteiger partial charge in [-0.3, -0.25) is 10.1 Å². The molecule has 0 aliphatic heterocycles. The quantitative estimate of drug-likeness (QED) is 0.359. The van der Waals surface area contributed by atoms with Crippen LogP contribution >= 0.6 is 12.6 Å². The number of benzene rings is 1. The van der Waals surface area contributed by atoms with E-state index in [0.717, 1.165) is 18.2 Å². The largest absolute Gasteiger partial charge is 0.508 e. The molecule has 3 N–H and O–H groups in total. The van der Waals surface area contributed by atoms with Crippen LogP contribution in [0.1, 0.15) is 18.1 Å². The molecule has 1 aromatic rings. The number of hydrogen-bond acceptors (Lipinski definition) is 6. The van der Waals surface area contributed by atoms with Crippen LogP contribution in [-0.2, 0) is 0 Å². The average Bonchev–Trinajstić information content (AvgIpc) is 2.28. The third kappa shape index (κ3) is 3.32. The van der Waals surface area contributed by atoms with Gasteiger partial charge < -0.3 is 15.3 Å². The Labute approximate surface area is 103 Å². The molecule has 0 aliphatic rings. The second-order valence-corrected chi connectivity index (χ2v) is 3.97. The Kier molecular flexibility index (Phi) is 4.73. The molecule has 0 saturated heterocycles. The lowest BCUT2D eigenvalue weighted by molar-refractivity contribution is -0.385. The van der Waals surface area contributed by atoms with Gasteiger partial charge in [-0.2, -0.15) is 12.6 Å². The maximum atomic E-state index is 10.6. The Morgan fingerprint density at radius 2 is 2.06 bits per heavy atom. The molecule has 0 fully saturated rings. The number of phenolic OH excluding ortho intramolecular Hbond substituents is 1. The molecular formula is C10H13NO5S. The van der Waals surface area contributed by atoms with Crippen LogP contribution in [0.5, 0.6) is 5.75 Å². The highest BCUT2D eigenvalue weighted by molar-refractivity contribution is 7.80. The van der Waals surface area contributed by atoms with Crippen molar-refractivity contribution in [2.75, 3.05) is 5.75 Å².